The molecule has 0 spiro atoms. The maximum Gasteiger partial charge on any atom is 0.108 e. The van der Waals surface area contributed by atoms with Gasteiger partial charge in [0.05, 0.1) is 6.10 Å². The third-order valence-corrected chi connectivity index (χ3v) is 3.48. The van der Waals surface area contributed by atoms with Crippen LogP contribution in [0.3, 0.4) is 0 Å². The fraction of sp³-hybridized carbons (Fsp3) is 0.750. The van der Waals surface area contributed by atoms with E-state index in [1.807, 2.05) is 19.4 Å². The molecule has 3 N–H and O–H groups in total. The van der Waals surface area contributed by atoms with E-state index in [0.29, 0.717) is 0 Å². The van der Waals surface area contributed by atoms with Crippen molar-refractivity contribution >= 4 is 0 Å². The van der Waals surface area contributed by atoms with Crippen molar-refractivity contribution in [1.29, 1.82) is 0 Å². The molecule has 1 aromatic heterocycles. The first-order valence-corrected chi connectivity index (χ1v) is 6.35. The van der Waals surface area contributed by atoms with Crippen molar-refractivity contribution in [2.75, 3.05) is 6.61 Å². The number of nitrogens with zero attached hydrogens (tertiary/aromatic N) is 2. The summed E-state index contributed by atoms with van der Waals surface area (Å²) in [5.41, 5.74) is 2.89. The zero-order valence-corrected chi connectivity index (χ0v) is 10.4. The molecule has 2 unspecified atom stereocenters. The molecule has 96 valence electrons. The molecule has 1 aliphatic rings. The molecule has 1 aliphatic heterocycles. The number of ether oxygens (including phenoxy) is 1. The van der Waals surface area contributed by atoms with Crippen LogP contribution in [0.4, 0.5) is 0 Å². The molecular formula is C12H22N4O. The number of rotatable bonds is 5. The van der Waals surface area contributed by atoms with Crippen molar-refractivity contribution in [3.05, 3.63) is 18.2 Å². The second kappa shape index (κ2) is 6.14. The lowest BCUT2D eigenvalue weighted by atomic mass is 9.98. The van der Waals surface area contributed by atoms with Gasteiger partial charge in [0.1, 0.15) is 5.82 Å². The minimum Gasteiger partial charge on any atom is -0.377 e. The van der Waals surface area contributed by atoms with Gasteiger partial charge in [0, 0.05) is 38.5 Å². The number of hydrogen-bond acceptors (Lipinski definition) is 4. The van der Waals surface area contributed by atoms with E-state index < -0.39 is 0 Å². The lowest BCUT2D eigenvalue weighted by Crippen LogP contribution is -2.46. The smallest absolute Gasteiger partial charge is 0.108 e. The standard InChI is InChI=1S/C12H22N4O/c1-16-8-7-14-12(16)6-5-10(15-13)11-4-2-3-9-17-11/h7-8,10-11,15H,2-6,9,13H2,1H3. The van der Waals surface area contributed by atoms with E-state index in [2.05, 4.69) is 15.0 Å². The van der Waals surface area contributed by atoms with Crippen molar-refractivity contribution in [3.8, 4) is 0 Å². The average Bonchev–Trinajstić information content (AvgIpc) is 2.77. The Bertz CT molecular complexity index is 333. The van der Waals surface area contributed by atoms with E-state index in [0.717, 1.165) is 31.7 Å². The number of hydrogen-bond donors (Lipinski definition) is 2. The SMILES string of the molecule is Cn1ccnc1CCC(NN)C1CCCCO1. The first kappa shape index (κ1) is 12.5. The molecule has 0 bridgehead atoms. The number of nitrogens with one attached hydrogen (secondary N) is 1. The number of nitrogens with two attached hydrogens (primary N) is 1. The zero-order chi connectivity index (χ0) is 12.1. The third-order valence-electron chi connectivity index (χ3n) is 3.48. The van der Waals surface area contributed by atoms with E-state index in [1.54, 1.807) is 0 Å². The Kier molecular flexibility index (Phi) is 4.53. The minimum atomic E-state index is 0.229. The summed E-state index contributed by atoms with van der Waals surface area (Å²) in [7, 11) is 2.02. The van der Waals surface area contributed by atoms with E-state index in [-0.39, 0.29) is 12.1 Å². The van der Waals surface area contributed by atoms with Crippen LogP contribution in [-0.4, -0.2) is 28.3 Å². The highest BCUT2D eigenvalue weighted by molar-refractivity contribution is 4.93. The normalized spacial score (nSPS) is 22.6. The van der Waals surface area contributed by atoms with E-state index >= 15 is 0 Å². The van der Waals surface area contributed by atoms with Crippen LogP contribution in [0.2, 0.25) is 0 Å². The van der Waals surface area contributed by atoms with Crippen LogP contribution in [0.15, 0.2) is 12.4 Å². The van der Waals surface area contributed by atoms with Crippen molar-refractivity contribution < 1.29 is 4.74 Å². The molecule has 17 heavy (non-hydrogen) atoms. The largest absolute Gasteiger partial charge is 0.377 e. The topological polar surface area (TPSA) is 65.1 Å². The summed E-state index contributed by atoms with van der Waals surface area (Å²) in [5.74, 6) is 6.72. The van der Waals surface area contributed by atoms with Crippen molar-refractivity contribution in [2.24, 2.45) is 12.9 Å². The summed E-state index contributed by atoms with van der Waals surface area (Å²) < 4.78 is 7.81. The third kappa shape index (κ3) is 3.28. The van der Waals surface area contributed by atoms with Crippen molar-refractivity contribution in [3.63, 3.8) is 0 Å². The van der Waals surface area contributed by atoms with Gasteiger partial charge in [-0.05, 0) is 25.7 Å². The van der Waals surface area contributed by atoms with Crippen LogP contribution in [-0.2, 0) is 18.2 Å². The Morgan fingerprint density at radius 2 is 2.53 bits per heavy atom. The van der Waals surface area contributed by atoms with Crippen molar-refractivity contribution in [2.45, 2.75) is 44.2 Å². The molecule has 0 aromatic carbocycles. The molecule has 0 saturated carbocycles. The summed E-state index contributed by atoms with van der Waals surface area (Å²) in [4.78, 5) is 4.32. The Labute approximate surface area is 102 Å². The number of imidazole rings is 1. The first-order chi connectivity index (χ1) is 8.31. The molecule has 2 atom stereocenters. The number of aromatic nitrogens is 2. The Balaban J connectivity index is 1.84. The van der Waals surface area contributed by atoms with Gasteiger partial charge in [-0.2, -0.15) is 0 Å². The summed E-state index contributed by atoms with van der Waals surface area (Å²) in [6.07, 6.45) is 9.47. The second-order valence-corrected chi connectivity index (χ2v) is 4.67. The molecular weight excluding hydrogens is 216 g/mol. The maximum absolute atomic E-state index is 5.76. The predicted molar refractivity (Wildman–Crippen MR) is 66.2 cm³/mol. The summed E-state index contributed by atoms with van der Waals surface area (Å²) in [6.45, 7) is 0.866. The highest BCUT2D eigenvalue weighted by Crippen LogP contribution is 2.18. The maximum atomic E-state index is 5.76. The molecule has 1 fully saturated rings. The lowest BCUT2D eigenvalue weighted by molar-refractivity contribution is -0.00932. The van der Waals surface area contributed by atoms with Gasteiger partial charge in [-0.3, -0.25) is 11.3 Å². The second-order valence-electron chi connectivity index (χ2n) is 4.67. The summed E-state index contributed by atoms with van der Waals surface area (Å²) in [6, 6.07) is 0.229. The fourth-order valence-electron chi connectivity index (χ4n) is 2.38. The fourth-order valence-corrected chi connectivity index (χ4v) is 2.38. The predicted octanol–water partition coefficient (Wildman–Crippen LogP) is 0.754. The Morgan fingerprint density at radius 1 is 1.65 bits per heavy atom. The van der Waals surface area contributed by atoms with Gasteiger partial charge in [-0.15, -0.1) is 0 Å². The number of hydrazine groups is 1. The van der Waals surface area contributed by atoms with Gasteiger partial charge in [0.25, 0.3) is 0 Å². The Hall–Kier alpha value is -0.910. The monoisotopic (exact) mass is 238 g/mol. The molecule has 0 aliphatic carbocycles. The van der Waals surface area contributed by atoms with Gasteiger partial charge in [-0.1, -0.05) is 0 Å². The van der Waals surface area contributed by atoms with E-state index in [4.69, 9.17) is 10.6 Å². The van der Waals surface area contributed by atoms with Gasteiger partial charge >= 0.3 is 0 Å². The van der Waals surface area contributed by atoms with Crippen molar-refractivity contribution in [1.82, 2.24) is 15.0 Å². The van der Waals surface area contributed by atoms with Gasteiger partial charge < -0.3 is 9.30 Å². The molecule has 5 nitrogen and oxygen atoms in total. The number of aryl methyl sites for hydroxylation is 2. The molecule has 0 amide bonds. The van der Waals surface area contributed by atoms with Crippen LogP contribution in [0, 0.1) is 0 Å². The van der Waals surface area contributed by atoms with Crippen LogP contribution >= 0.6 is 0 Å². The molecule has 5 heteroatoms. The molecule has 2 heterocycles. The molecule has 0 radical (unpaired) electrons. The lowest BCUT2D eigenvalue weighted by Gasteiger charge is -2.29. The quantitative estimate of drug-likeness (QED) is 0.587. The first-order valence-electron chi connectivity index (χ1n) is 6.35. The Morgan fingerprint density at radius 3 is 3.12 bits per heavy atom. The van der Waals surface area contributed by atoms with Gasteiger partial charge in [-0.25, -0.2) is 4.98 Å². The van der Waals surface area contributed by atoms with E-state index in [9.17, 15) is 0 Å². The average molecular weight is 238 g/mol. The van der Waals surface area contributed by atoms with Crippen LogP contribution in [0.1, 0.15) is 31.5 Å². The van der Waals surface area contributed by atoms with Gasteiger partial charge in [0.15, 0.2) is 0 Å². The summed E-state index contributed by atoms with van der Waals surface area (Å²) >= 11 is 0. The highest BCUT2D eigenvalue weighted by Gasteiger charge is 2.23. The summed E-state index contributed by atoms with van der Waals surface area (Å²) in [5, 5.41) is 0. The van der Waals surface area contributed by atoms with Crippen LogP contribution < -0.4 is 11.3 Å². The van der Waals surface area contributed by atoms with Crippen LogP contribution in [0.5, 0.6) is 0 Å². The molecule has 2 rings (SSSR count). The molecule has 1 aromatic rings. The zero-order valence-electron chi connectivity index (χ0n) is 10.4. The highest BCUT2D eigenvalue weighted by atomic mass is 16.5. The molecule has 1 saturated heterocycles. The van der Waals surface area contributed by atoms with Gasteiger partial charge in [0.2, 0.25) is 0 Å². The van der Waals surface area contributed by atoms with E-state index in [1.165, 1.54) is 12.8 Å². The van der Waals surface area contributed by atoms with Crippen LogP contribution in [0.25, 0.3) is 0 Å². The minimum absolute atomic E-state index is 0.229.